The highest BCUT2D eigenvalue weighted by Crippen LogP contribution is 2.28. The number of carbonyl (C=O) groups is 2. The van der Waals surface area contributed by atoms with E-state index >= 15 is 0 Å². The molecule has 0 heterocycles. The predicted octanol–water partition coefficient (Wildman–Crippen LogP) is 7.40. The van der Waals surface area contributed by atoms with E-state index in [0.717, 1.165) is 9.87 Å². The molecule has 0 spiro atoms. The molecule has 7 nitrogen and oxygen atoms in total. The van der Waals surface area contributed by atoms with Crippen LogP contribution in [0.4, 0.5) is 5.69 Å². The lowest BCUT2D eigenvalue weighted by molar-refractivity contribution is -0.140. The number of amides is 2. The molecule has 4 rings (SSSR count). The van der Waals surface area contributed by atoms with Crippen molar-refractivity contribution >= 4 is 62.3 Å². The molecule has 0 radical (unpaired) electrons. The molecule has 11 heteroatoms. The summed E-state index contributed by atoms with van der Waals surface area (Å²) < 4.78 is 29.1. The Bertz CT molecular complexity index is 1710. The van der Waals surface area contributed by atoms with Gasteiger partial charge in [0.1, 0.15) is 12.6 Å². The smallest absolute Gasteiger partial charge is 0.264 e. The summed E-state index contributed by atoms with van der Waals surface area (Å²) in [5.41, 5.74) is 1.62. The van der Waals surface area contributed by atoms with Crippen molar-refractivity contribution in [2.24, 2.45) is 0 Å². The van der Waals surface area contributed by atoms with Gasteiger partial charge in [0.15, 0.2) is 0 Å². The quantitative estimate of drug-likeness (QED) is 0.159. The molecule has 4 aromatic carbocycles. The van der Waals surface area contributed by atoms with Crippen LogP contribution in [0.3, 0.4) is 0 Å². The van der Waals surface area contributed by atoms with Crippen LogP contribution in [0.1, 0.15) is 31.4 Å². The molecule has 0 aliphatic heterocycles. The maximum absolute atomic E-state index is 14.5. The Balaban J connectivity index is 1.82. The zero-order chi connectivity index (χ0) is 32.6. The highest BCUT2D eigenvalue weighted by Gasteiger charge is 2.35. The average Bonchev–Trinajstić information content (AvgIpc) is 3.03. The summed E-state index contributed by atoms with van der Waals surface area (Å²) in [5.74, 6) is -0.966. The van der Waals surface area contributed by atoms with Crippen molar-refractivity contribution in [3.8, 4) is 0 Å². The van der Waals surface area contributed by atoms with Gasteiger partial charge < -0.3 is 10.2 Å². The number of nitrogens with zero attached hydrogens (tertiary/aromatic N) is 2. The lowest BCUT2D eigenvalue weighted by Gasteiger charge is -2.34. The first kappa shape index (κ1) is 34.3. The Labute approximate surface area is 279 Å². The summed E-state index contributed by atoms with van der Waals surface area (Å²) in [6.07, 6.45) is 0.868. The molecule has 4 aromatic rings. The third-order valence-corrected chi connectivity index (χ3v) is 9.98. The Morgan fingerprint density at radius 2 is 1.42 bits per heavy atom. The van der Waals surface area contributed by atoms with Crippen molar-refractivity contribution < 1.29 is 18.0 Å². The van der Waals surface area contributed by atoms with E-state index in [0.29, 0.717) is 27.1 Å². The molecular formula is C34H34Cl3N3O4S. The number of halogens is 3. The molecule has 0 bridgehead atoms. The summed E-state index contributed by atoms with van der Waals surface area (Å²) in [5, 5.41) is 4.15. The summed E-state index contributed by atoms with van der Waals surface area (Å²) in [7, 11) is -4.21. The second kappa shape index (κ2) is 15.6. The number of anilines is 1. The van der Waals surface area contributed by atoms with E-state index in [2.05, 4.69) is 5.32 Å². The van der Waals surface area contributed by atoms with Crippen molar-refractivity contribution in [2.75, 3.05) is 10.8 Å². The minimum Gasteiger partial charge on any atom is -0.352 e. The van der Waals surface area contributed by atoms with Crippen molar-refractivity contribution in [3.63, 3.8) is 0 Å². The van der Waals surface area contributed by atoms with Gasteiger partial charge in [0.05, 0.1) is 10.6 Å². The standard InChI is InChI=1S/C34H34Cl3N3O4S/c1-3-24(2)38-34(42)32(20-25-10-6-4-7-11-25)39(22-26-14-15-28(36)21-31(26)37)33(41)23-40(29-18-16-27(35)17-19-29)45(43,44)30-12-8-5-9-13-30/h4-19,21,24,32H,3,20,22-23H2,1-2H3,(H,38,42)/t24-,32+/m0/s1. The van der Waals surface area contributed by atoms with E-state index in [1.165, 1.54) is 29.2 Å². The van der Waals surface area contributed by atoms with E-state index in [-0.39, 0.29) is 35.5 Å². The normalized spacial score (nSPS) is 12.6. The number of hydrogen-bond acceptors (Lipinski definition) is 4. The van der Waals surface area contributed by atoms with Crippen LogP contribution in [-0.4, -0.2) is 43.8 Å². The van der Waals surface area contributed by atoms with Crippen LogP contribution in [0.2, 0.25) is 15.1 Å². The van der Waals surface area contributed by atoms with Gasteiger partial charge in [0.2, 0.25) is 11.8 Å². The first-order valence-corrected chi connectivity index (χ1v) is 17.0. The van der Waals surface area contributed by atoms with Gasteiger partial charge in [-0.15, -0.1) is 0 Å². The second-order valence-corrected chi connectivity index (χ2v) is 13.7. The molecule has 0 fully saturated rings. The van der Waals surface area contributed by atoms with Crippen LogP contribution in [0, 0.1) is 0 Å². The molecule has 0 saturated carbocycles. The SMILES string of the molecule is CC[C@H](C)NC(=O)[C@@H](Cc1ccccc1)N(Cc1ccc(Cl)cc1Cl)C(=O)CN(c1ccc(Cl)cc1)S(=O)(=O)c1ccccc1. The Kier molecular flexibility index (Phi) is 11.9. The summed E-state index contributed by atoms with van der Waals surface area (Å²) in [4.78, 5) is 29.8. The van der Waals surface area contributed by atoms with Crippen molar-refractivity contribution in [1.82, 2.24) is 10.2 Å². The first-order chi connectivity index (χ1) is 21.5. The molecule has 45 heavy (non-hydrogen) atoms. The highest BCUT2D eigenvalue weighted by atomic mass is 35.5. The number of benzene rings is 4. The Morgan fingerprint density at radius 1 is 0.822 bits per heavy atom. The molecule has 1 N–H and O–H groups in total. The van der Waals surface area contributed by atoms with Gasteiger partial charge in [-0.05, 0) is 73.0 Å². The van der Waals surface area contributed by atoms with Crippen molar-refractivity contribution in [2.45, 2.75) is 50.2 Å². The zero-order valence-electron chi connectivity index (χ0n) is 24.9. The zero-order valence-corrected chi connectivity index (χ0v) is 28.0. The maximum atomic E-state index is 14.5. The van der Waals surface area contributed by atoms with Gasteiger partial charge in [-0.2, -0.15) is 0 Å². The minimum absolute atomic E-state index is 0.00962. The van der Waals surface area contributed by atoms with Gasteiger partial charge in [-0.3, -0.25) is 13.9 Å². The van der Waals surface area contributed by atoms with Gasteiger partial charge in [0, 0.05) is 34.1 Å². The fourth-order valence-corrected chi connectivity index (χ4v) is 6.71. The molecular weight excluding hydrogens is 653 g/mol. The largest absolute Gasteiger partial charge is 0.352 e. The predicted molar refractivity (Wildman–Crippen MR) is 181 cm³/mol. The number of rotatable bonds is 13. The molecule has 0 saturated heterocycles. The average molecular weight is 687 g/mol. The van der Waals surface area contributed by atoms with Crippen LogP contribution < -0.4 is 9.62 Å². The monoisotopic (exact) mass is 685 g/mol. The van der Waals surface area contributed by atoms with E-state index in [9.17, 15) is 18.0 Å². The van der Waals surface area contributed by atoms with E-state index in [4.69, 9.17) is 34.8 Å². The first-order valence-electron chi connectivity index (χ1n) is 14.4. The third kappa shape index (κ3) is 9.01. The van der Waals surface area contributed by atoms with Gasteiger partial charge in [-0.1, -0.05) is 96.3 Å². The van der Waals surface area contributed by atoms with Crippen LogP contribution in [0.25, 0.3) is 0 Å². The number of carbonyl (C=O) groups excluding carboxylic acids is 2. The number of hydrogen-bond donors (Lipinski definition) is 1. The second-order valence-electron chi connectivity index (χ2n) is 10.6. The molecule has 0 aromatic heterocycles. The highest BCUT2D eigenvalue weighted by molar-refractivity contribution is 7.92. The molecule has 2 atom stereocenters. The summed E-state index contributed by atoms with van der Waals surface area (Å²) >= 11 is 18.8. The van der Waals surface area contributed by atoms with E-state index in [1.54, 1.807) is 48.5 Å². The van der Waals surface area contributed by atoms with E-state index < -0.39 is 28.5 Å². The summed E-state index contributed by atoms with van der Waals surface area (Å²) in [6, 6.07) is 27.1. The summed E-state index contributed by atoms with van der Waals surface area (Å²) in [6.45, 7) is 3.17. The van der Waals surface area contributed by atoms with Crippen LogP contribution in [0.15, 0.2) is 108 Å². The van der Waals surface area contributed by atoms with Crippen molar-refractivity contribution in [1.29, 1.82) is 0 Å². The Hall–Kier alpha value is -3.56. The fourth-order valence-electron chi connectivity index (χ4n) is 4.68. The lowest BCUT2D eigenvalue weighted by atomic mass is 10.0. The molecule has 2 amide bonds. The van der Waals surface area contributed by atoms with Crippen molar-refractivity contribution in [3.05, 3.63) is 129 Å². The molecule has 0 unspecified atom stereocenters. The van der Waals surface area contributed by atoms with Gasteiger partial charge in [-0.25, -0.2) is 8.42 Å². The molecule has 236 valence electrons. The number of nitrogens with one attached hydrogen (secondary N) is 1. The minimum atomic E-state index is -4.21. The van der Waals surface area contributed by atoms with Crippen LogP contribution in [0.5, 0.6) is 0 Å². The maximum Gasteiger partial charge on any atom is 0.264 e. The third-order valence-electron chi connectivity index (χ3n) is 7.35. The van der Waals surface area contributed by atoms with Crippen LogP contribution >= 0.6 is 34.8 Å². The topological polar surface area (TPSA) is 86.8 Å². The number of sulfonamides is 1. The molecule has 0 aliphatic rings. The van der Waals surface area contributed by atoms with E-state index in [1.807, 2.05) is 44.2 Å². The van der Waals surface area contributed by atoms with Gasteiger partial charge in [0.25, 0.3) is 10.0 Å². The van der Waals surface area contributed by atoms with Crippen LogP contribution in [-0.2, 0) is 32.6 Å². The lowest BCUT2D eigenvalue weighted by Crippen LogP contribution is -2.54. The fraction of sp³-hybridized carbons (Fsp3) is 0.235. The Morgan fingerprint density at radius 3 is 2.02 bits per heavy atom. The molecule has 0 aliphatic carbocycles. The van der Waals surface area contributed by atoms with Gasteiger partial charge >= 0.3 is 0 Å².